The van der Waals surface area contributed by atoms with Gasteiger partial charge in [0.25, 0.3) is 0 Å². The number of unbranched alkanes of at least 4 members (excludes halogenated alkanes) is 28. The molecule has 0 aliphatic rings. The molecule has 12 heteroatoms. The van der Waals surface area contributed by atoms with Crippen molar-refractivity contribution in [2.75, 3.05) is 0 Å². The number of phenolic OH excluding ortho intramolecular Hbond substituents is 2. The monoisotopic (exact) mass is 971 g/mol. The molecule has 0 radical (unpaired) electrons. The average Bonchev–Trinajstić information content (AvgIpc) is 3.27. The first kappa shape index (κ1) is 67.3. The zero-order chi connectivity index (χ0) is 46.9. The summed E-state index contributed by atoms with van der Waals surface area (Å²) in [5, 5.41) is 46.4. The van der Waals surface area contributed by atoms with Crippen LogP contribution in [0.3, 0.4) is 0 Å². The van der Waals surface area contributed by atoms with Gasteiger partial charge < -0.3 is 40.6 Å². The van der Waals surface area contributed by atoms with E-state index in [2.05, 4.69) is 24.5 Å². The number of amides is 2. The number of phenols is 2. The maximum absolute atomic E-state index is 12.1. The van der Waals surface area contributed by atoms with Crippen molar-refractivity contribution in [3.8, 4) is 11.5 Å². The summed E-state index contributed by atoms with van der Waals surface area (Å²) in [6.07, 6.45) is 39.1. The minimum absolute atomic E-state index is 0. The third-order valence-electron chi connectivity index (χ3n) is 12.0. The number of benzene rings is 2. The molecule has 2 aromatic rings. The molecule has 0 bridgehead atoms. The summed E-state index contributed by atoms with van der Waals surface area (Å²) >= 11 is 0. The second-order valence-corrected chi connectivity index (χ2v) is 18.0. The summed E-state index contributed by atoms with van der Waals surface area (Å²) in [5.41, 5.74) is 1.45. The number of nitrogens with one attached hydrogen (secondary N) is 2. The predicted octanol–water partition coefficient (Wildman–Crippen LogP) is 4.87. The van der Waals surface area contributed by atoms with Gasteiger partial charge in [-0.1, -0.05) is 218 Å². The first-order chi connectivity index (χ1) is 31.0. The van der Waals surface area contributed by atoms with Crippen molar-refractivity contribution in [2.24, 2.45) is 0 Å². The van der Waals surface area contributed by atoms with Crippen LogP contribution in [0.15, 0.2) is 48.5 Å². The third kappa shape index (κ3) is 41.0. The molecular weight excluding hydrogens is 883 g/mol. The molecule has 2 rings (SSSR count). The molecular formula is C54H88K2N2O8. The summed E-state index contributed by atoms with van der Waals surface area (Å²) in [7, 11) is 0. The number of carbonyl (C=O) groups excluding carboxylic acids is 4. The summed E-state index contributed by atoms with van der Waals surface area (Å²) in [4.78, 5) is 46.9. The van der Waals surface area contributed by atoms with E-state index in [0.29, 0.717) is 12.8 Å². The van der Waals surface area contributed by atoms with Gasteiger partial charge in [-0.3, -0.25) is 9.59 Å². The molecule has 2 atom stereocenters. The van der Waals surface area contributed by atoms with Crippen molar-refractivity contribution in [2.45, 2.75) is 244 Å². The normalized spacial score (nSPS) is 11.5. The Kier molecular flexibility index (Phi) is 48.8. The van der Waals surface area contributed by atoms with Crippen LogP contribution in [0.1, 0.15) is 230 Å². The fourth-order valence-corrected chi connectivity index (χ4v) is 7.97. The quantitative estimate of drug-likeness (QED) is 0.0540. The Balaban J connectivity index is 0. The first-order valence-electron chi connectivity index (χ1n) is 25.6. The zero-order valence-corrected chi connectivity index (χ0v) is 48.4. The average molecular weight is 971 g/mol. The number of hydrogen-bond donors (Lipinski definition) is 4. The van der Waals surface area contributed by atoms with Crippen molar-refractivity contribution in [1.29, 1.82) is 0 Å². The van der Waals surface area contributed by atoms with Gasteiger partial charge >= 0.3 is 103 Å². The van der Waals surface area contributed by atoms with E-state index in [1.54, 1.807) is 24.3 Å². The molecule has 0 fully saturated rings. The molecule has 0 aliphatic carbocycles. The van der Waals surface area contributed by atoms with Gasteiger partial charge in [-0.25, -0.2) is 0 Å². The second kappa shape index (κ2) is 47.9. The molecule has 0 unspecified atom stereocenters. The number of aliphatic carboxylic acids is 2. The summed E-state index contributed by atoms with van der Waals surface area (Å²) in [6, 6.07) is 10.5. The van der Waals surface area contributed by atoms with Crippen LogP contribution >= 0.6 is 0 Å². The van der Waals surface area contributed by atoms with E-state index >= 15 is 0 Å². The van der Waals surface area contributed by atoms with Crippen LogP contribution in [0, 0.1) is 0 Å². The van der Waals surface area contributed by atoms with Crippen molar-refractivity contribution < 1.29 is 142 Å². The van der Waals surface area contributed by atoms with E-state index in [4.69, 9.17) is 0 Å². The van der Waals surface area contributed by atoms with Gasteiger partial charge in [-0.05, 0) is 61.1 Å². The van der Waals surface area contributed by atoms with Gasteiger partial charge in [0, 0.05) is 12.8 Å². The maximum atomic E-state index is 12.1. The van der Waals surface area contributed by atoms with Crippen molar-refractivity contribution >= 4 is 23.8 Å². The Labute approximate surface area is 486 Å². The summed E-state index contributed by atoms with van der Waals surface area (Å²) in [6.45, 7) is 4.52. The van der Waals surface area contributed by atoms with Crippen LogP contribution in [0.2, 0.25) is 0 Å². The molecule has 2 amide bonds. The zero-order valence-electron chi connectivity index (χ0n) is 42.2. The Hall–Kier alpha value is -0.807. The Morgan fingerprint density at radius 3 is 0.818 bits per heavy atom. The summed E-state index contributed by atoms with van der Waals surface area (Å²) in [5.74, 6) is -2.82. The fraction of sp³-hybridized carbons (Fsp3) is 0.704. The van der Waals surface area contributed by atoms with Crippen LogP contribution in [0.5, 0.6) is 11.5 Å². The second-order valence-electron chi connectivity index (χ2n) is 18.0. The van der Waals surface area contributed by atoms with E-state index in [9.17, 15) is 39.6 Å². The van der Waals surface area contributed by atoms with Gasteiger partial charge in [0.1, 0.15) is 11.5 Å². The van der Waals surface area contributed by atoms with E-state index < -0.39 is 24.0 Å². The minimum Gasteiger partial charge on any atom is -0.548 e. The molecule has 2 aromatic carbocycles. The number of carbonyl (C=O) groups is 4. The fourth-order valence-electron chi connectivity index (χ4n) is 7.97. The molecule has 66 heavy (non-hydrogen) atoms. The minimum atomic E-state index is -1.29. The Morgan fingerprint density at radius 1 is 0.394 bits per heavy atom. The SMILES string of the molecule is CCCCCCCCCCCCCCCCCC(=O)N[C@@H](Cc1ccc(O)cc1)C(=O)[O-].CCCCCCCCCCCCCCCCCC(=O)N[C@@H](Cc1ccc(O)cc1)C(=O)[O-].[K+].[K+]. The predicted molar refractivity (Wildman–Crippen MR) is 257 cm³/mol. The molecule has 0 aliphatic heterocycles. The van der Waals surface area contributed by atoms with Crippen molar-refractivity contribution in [3.05, 3.63) is 59.7 Å². The largest absolute Gasteiger partial charge is 1.00 e. The van der Waals surface area contributed by atoms with Crippen LogP contribution in [0.4, 0.5) is 0 Å². The number of aromatic hydroxyl groups is 2. The van der Waals surface area contributed by atoms with Crippen LogP contribution in [0.25, 0.3) is 0 Å². The number of hydrogen-bond acceptors (Lipinski definition) is 8. The van der Waals surface area contributed by atoms with E-state index in [1.165, 1.54) is 178 Å². The Bertz CT molecular complexity index is 1350. The topological polar surface area (TPSA) is 179 Å². The maximum Gasteiger partial charge on any atom is 1.00 e. The molecule has 0 aromatic heterocycles. The molecule has 0 spiro atoms. The molecule has 364 valence electrons. The number of carboxylic acid groups (broad SMARTS) is 2. The van der Waals surface area contributed by atoms with Crippen LogP contribution in [-0.4, -0.2) is 46.0 Å². The third-order valence-corrected chi connectivity index (χ3v) is 12.0. The summed E-state index contributed by atoms with van der Waals surface area (Å²) < 4.78 is 0. The van der Waals surface area contributed by atoms with Crippen LogP contribution in [-0.2, 0) is 32.0 Å². The van der Waals surface area contributed by atoms with Gasteiger partial charge in [0.2, 0.25) is 11.8 Å². The van der Waals surface area contributed by atoms with Crippen molar-refractivity contribution in [1.82, 2.24) is 10.6 Å². The standard InChI is InChI=1S/2C27H45NO4.2K/c2*1-2-3-4-5-6-7-8-9-10-11-12-13-14-15-16-17-26(30)28-25(27(31)32)22-23-18-20-24(29)21-19-23;;/h2*18-21,25,29H,2-17,22H2,1H3,(H,28,30)(H,31,32);;/q;;2*+1/p-2/t2*25-;;/m00../s1. The molecule has 0 saturated heterocycles. The Morgan fingerprint density at radius 2 is 0.606 bits per heavy atom. The molecule has 10 nitrogen and oxygen atoms in total. The first-order valence-corrected chi connectivity index (χ1v) is 25.6. The van der Waals surface area contributed by atoms with E-state index in [0.717, 1.165) is 49.7 Å². The number of rotatable bonds is 40. The van der Waals surface area contributed by atoms with Gasteiger partial charge in [-0.15, -0.1) is 0 Å². The van der Waals surface area contributed by atoms with E-state index in [-0.39, 0.29) is 139 Å². The van der Waals surface area contributed by atoms with Crippen LogP contribution < -0.4 is 124 Å². The number of carboxylic acids is 2. The smallest absolute Gasteiger partial charge is 0.548 e. The molecule has 4 N–H and O–H groups in total. The van der Waals surface area contributed by atoms with Gasteiger partial charge in [-0.2, -0.15) is 0 Å². The molecule has 0 heterocycles. The molecule has 0 saturated carbocycles. The van der Waals surface area contributed by atoms with E-state index in [1.807, 2.05) is 0 Å². The van der Waals surface area contributed by atoms with Gasteiger partial charge in [0.15, 0.2) is 0 Å². The van der Waals surface area contributed by atoms with Gasteiger partial charge in [0.05, 0.1) is 24.0 Å². The van der Waals surface area contributed by atoms with Crippen molar-refractivity contribution in [3.63, 3.8) is 0 Å².